The fourth-order valence-corrected chi connectivity index (χ4v) is 3.60. The Labute approximate surface area is 150 Å². The number of hydrogen-bond acceptors (Lipinski definition) is 0. The molecule has 4 aromatic rings. The zero-order chi connectivity index (χ0) is 14.7. The van der Waals surface area contributed by atoms with Gasteiger partial charge in [0.15, 0.2) is 0 Å². The predicted octanol–water partition coefficient (Wildman–Crippen LogP) is 4.43. The predicted molar refractivity (Wildman–Crippen MR) is 103 cm³/mol. The Kier molecular flexibility index (Phi) is 6.01. The molecule has 0 atom stereocenters. The molecule has 0 heterocycles. The number of benzene rings is 2. The summed E-state index contributed by atoms with van der Waals surface area (Å²) < 4.78 is 0. The van der Waals surface area contributed by atoms with Crippen LogP contribution in [0.25, 0.3) is 21.5 Å². The summed E-state index contributed by atoms with van der Waals surface area (Å²) in [4.78, 5) is 0. The van der Waals surface area contributed by atoms with Gasteiger partial charge in [-0.3, -0.25) is 0 Å². The first kappa shape index (κ1) is 17.0. The first-order chi connectivity index (χ1) is 10.2. The molecule has 0 N–H and O–H groups in total. The molecular weight excluding hydrogens is 293 g/mol. The Hall–Kier alpha value is -1.36. The zero-order valence-corrected chi connectivity index (χ0v) is 15.9. The van der Waals surface area contributed by atoms with Gasteiger partial charge in [0.05, 0.1) is 0 Å². The summed E-state index contributed by atoms with van der Waals surface area (Å²) in [6.07, 6.45) is 0. The molecule has 0 fully saturated rings. The van der Waals surface area contributed by atoms with Gasteiger partial charge in [-0.2, -0.15) is 34.2 Å². The molecule has 22 heavy (non-hydrogen) atoms. The molecule has 106 valence electrons. The topological polar surface area (TPSA) is 0 Å². The van der Waals surface area contributed by atoms with Gasteiger partial charge in [0.1, 0.15) is 0 Å². The third-order valence-electron chi connectivity index (χ3n) is 3.85. The van der Waals surface area contributed by atoms with E-state index in [-0.39, 0.29) is 23.1 Å². The van der Waals surface area contributed by atoms with Crippen molar-refractivity contribution in [3.63, 3.8) is 0 Å². The van der Waals surface area contributed by atoms with E-state index >= 15 is 0 Å². The standard InChI is InChI=1S/C11H13Si.C9H7.Mg/c1-12(2)11-7-9-5-3-4-6-10(9)8-11;1-2-5-9-7-3-6-8(9)4-1;/h3-8,12H,1-2H3;1-7H;/q2*-1;+2. The smallest absolute Gasteiger partial charge is 0.169 e. The van der Waals surface area contributed by atoms with Gasteiger partial charge < -0.3 is 0 Å². The summed E-state index contributed by atoms with van der Waals surface area (Å²) >= 11 is 0. The van der Waals surface area contributed by atoms with Crippen molar-refractivity contribution in [1.82, 2.24) is 0 Å². The maximum Gasteiger partial charge on any atom is 2.00 e. The van der Waals surface area contributed by atoms with E-state index in [4.69, 9.17) is 0 Å². The summed E-state index contributed by atoms with van der Waals surface area (Å²) in [7, 11) is -0.604. The van der Waals surface area contributed by atoms with E-state index in [9.17, 15) is 0 Å². The van der Waals surface area contributed by atoms with E-state index in [0.717, 1.165) is 0 Å². The van der Waals surface area contributed by atoms with Gasteiger partial charge in [-0.1, -0.05) is 25.2 Å². The molecule has 2 heteroatoms. The number of hydrogen-bond donors (Lipinski definition) is 0. The molecule has 0 bridgehead atoms. The van der Waals surface area contributed by atoms with Crippen LogP contribution in [-0.4, -0.2) is 31.8 Å². The molecule has 0 saturated carbocycles. The van der Waals surface area contributed by atoms with Crippen LogP contribution in [0, 0.1) is 0 Å². The van der Waals surface area contributed by atoms with E-state index < -0.39 is 8.80 Å². The average molecular weight is 313 g/mol. The minimum Gasteiger partial charge on any atom is -0.169 e. The quantitative estimate of drug-likeness (QED) is 0.360. The Bertz CT molecular complexity index is 776. The minimum atomic E-state index is -0.604. The van der Waals surface area contributed by atoms with Crippen LogP contribution in [0.15, 0.2) is 78.9 Å². The SMILES string of the molecule is C[SiH](C)c1cc2ccccc2[cH-]1.[Mg+2].c1ccc2[cH-]ccc2c1. The molecule has 0 aliphatic carbocycles. The molecule has 0 radical (unpaired) electrons. The van der Waals surface area contributed by atoms with Crippen molar-refractivity contribution in [3.05, 3.63) is 78.9 Å². The van der Waals surface area contributed by atoms with Crippen molar-refractivity contribution < 1.29 is 0 Å². The van der Waals surface area contributed by atoms with Crippen LogP contribution >= 0.6 is 0 Å². The van der Waals surface area contributed by atoms with E-state index in [0.29, 0.717) is 0 Å². The fourth-order valence-electron chi connectivity index (χ4n) is 2.58. The van der Waals surface area contributed by atoms with Crippen LogP contribution in [0.4, 0.5) is 0 Å². The number of rotatable bonds is 1. The maximum absolute atomic E-state index is 2.37. The molecule has 0 saturated heterocycles. The van der Waals surface area contributed by atoms with Gasteiger partial charge in [-0.05, 0) is 0 Å². The molecule has 0 aromatic heterocycles. The second kappa shape index (κ2) is 7.77. The number of fused-ring (bicyclic) bond motifs is 2. The first-order valence-electron chi connectivity index (χ1n) is 7.50. The Morgan fingerprint density at radius 3 is 2.05 bits per heavy atom. The third kappa shape index (κ3) is 3.89. The zero-order valence-electron chi connectivity index (χ0n) is 13.3. The normalized spacial score (nSPS) is 10.3. The minimum absolute atomic E-state index is 0. The van der Waals surface area contributed by atoms with Crippen molar-refractivity contribution in [1.29, 1.82) is 0 Å². The van der Waals surface area contributed by atoms with Gasteiger partial charge in [-0.25, -0.2) is 0 Å². The molecule has 0 amide bonds. The van der Waals surface area contributed by atoms with Crippen LogP contribution in [0.3, 0.4) is 0 Å². The molecule has 4 rings (SSSR count). The summed E-state index contributed by atoms with van der Waals surface area (Å²) in [5.74, 6) is 0. The van der Waals surface area contributed by atoms with Crippen LogP contribution in [0.1, 0.15) is 0 Å². The van der Waals surface area contributed by atoms with Crippen molar-refractivity contribution in [3.8, 4) is 0 Å². The Balaban J connectivity index is 0.000000159. The van der Waals surface area contributed by atoms with Gasteiger partial charge >= 0.3 is 23.1 Å². The second-order valence-corrected chi connectivity index (χ2v) is 8.70. The van der Waals surface area contributed by atoms with E-state index in [1.54, 1.807) is 5.19 Å². The molecule has 0 aliphatic heterocycles. The van der Waals surface area contributed by atoms with Crippen LogP contribution < -0.4 is 5.19 Å². The van der Waals surface area contributed by atoms with E-state index in [2.05, 4.69) is 92.0 Å². The van der Waals surface area contributed by atoms with E-state index in [1.807, 2.05) is 0 Å². The largest absolute Gasteiger partial charge is 2.00 e. The Morgan fingerprint density at radius 1 is 0.773 bits per heavy atom. The van der Waals surface area contributed by atoms with Gasteiger partial charge in [0.2, 0.25) is 0 Å². The summed E-state index contributed by atoms with van der Waals surface area (Å²) in [6.45, 7) is 4.74. The second-order valence-electron chi connectivity index (χ2n) is 5.73. The van der Waals surface area contributed by atoms with Crippen molar-refractivity contribution >= 4 is 58.6 Å². The summed E-state index contributed by atoms with van der Waals surface area (Å²) in [5, 5.41) is 7.04. The molecule has 0 nitrogen and oxygen atoms in total. The van der Waals surface area contributed by atoms with Crippen molar-refractivity contribution in [2.24, 2.45) is 0 Å². The molecular formula is C20H20MgSi. The fraction of sp³-hybridized carbons (Fsp3) is 0.100. The summed E-state index contributed by atoms with van der Waals surface area (Å²) in [6, 6.07) is 27.9. The Morgan fingerprint density at radius 2 is 1.41 bits per heavy atom. The van der Waals surface area contributed by atoms with Crippen LogP contribution in [0.2, 0.25) is 13.1 Å². The molecule has 4 aromatic carbocycles. The van der Waals surface area contributed by atoms with Gasteiger partial charge in [0, 0.05) is 8.80 Å². The summed E-state index contributed by atoms with van der Waals surface area (Å²) in [5.41, 5.74) is 0. The van der Waals surface area contributed by atoms with Gasteiger partial charge in [0.25, 0.3) is 0 Å². The maximum atomic E-state index is 2.37. The van der Waals surface area contributed by atoms with Crippen LogP contribution in [0.5, 0.6) is 0 Å². The molecule has 0 spiro atoms. The first-order valence-corrected chi connectivity index (χ1v) is 10.4. The van der Waals surface area contributed by atoms with Crippen LogP contribution in [-0.2, 0) is 0 Å². The van der Waals surface area contributed by atoms with Gasteiger partial charge in [-0.15, -0.1) is 59.3 Å². The molecule has 0 aliphatic rings. The molecule has 0 unspecified atom stereocenters. The monoisotopic (exact) mass is 312 g/mol. The third-order valence-corrected chi connectivity index (χ3v) is 5.52. The van der Waals surface area contributed by atoms with Crippen molar-refractivity contribution in [2.75, 3.05) is 0 Å². The van der Waals surface area contributed by atoms with E-state index in [1.165, 1.54) is 21.5 Å². The van der Waals surface area contributed by atoms with Crippen molar-refractivity contribution in [2.45, 2.75) is 13.1 Å². The average Bonchev–Trinajstić information content (AvgIpc) is 3.14.